The van der Waals surface area contributed by atoms with Gasteiger partial charge >= 0.3 is 0 Å². The summed E-state index contributed by atoms with van der Waals surface area (Å²) >= 11 is 0. The summed E-state index contributed by atoms with van der Waals surface area (Å²) in [6.45, 7) is 9.75. The second-order valence-corrected chi connectivity index (χ2v) is 5.80. The van der Waals surface area contributed by atoms with Crippen molar-refractivity contribution < 1.29 is 4.74 Å². The van der Waals surface area contributed by atoms with Crippen LogP contribution in [0.3, 0.4) is 0 Å². The van der Waals surface area contributed by atoms with E-state index < -0.39 is 0 Å². The van der Waals surface area contributed by atoms with E-state index in [1.807, 2.05) is 0 Å². The van der Waals surface area contributed by atoms with Gasteiger partial charge in [0, 0.05) is 38.3 Å². The fraction of sp³-hybridized carbons (Fsp3) is 1.00. The van der Waals surface area contributed by atoms with E-state index in [1.165, 1.54) is 0 Å². The fourth-order valence-corrected chi connectivity index (χ4v) is 2.97. The van der Waals surface area contributed by atoms with Gasteiger partial charge in [-0.25, -0.2) is 0 Å². The number of likely N-dealkylation sites (tertiary alicyclic amines) is 1. The summed E-state index contributed by atoms with van der Waals surface area (Å²) in [5.74, 6) is 0.588. The molecule has 0 spiro atoms. The Balaban J connectivity index is 1.86. The van der Waals surface area contributed by atoms with E-state index in [0.717, 1.165) is 39.2 Å². The molecule has 0 bridgehead atoms. The predicted molar refractivity (Wildman–Crippen MR) is 70.0 cm³/mol. The molecule has 0 aliphatic carbocycles. The predicted octanol–water partition coefficient (Wildman–Crippen LogP) is 0.375. The van der Waals surface area contributed by atoms with Crippen LogP contribution in [0.5, 0.6) is 0 Å². The highest BCUT2D eigenvalue weighted by Crippen LogP contribution is 2.23. The molecule has 2 aliphatic rings. The van der Waals surface area contributed by atoms with Crippen molar-refractivity contribution in [3.8, 4) is 0 Å². The lowest BCUT2D eigenvalue weighted by Gasteiger charge is -2.43. The van der Waals surface area contributed by atoms with Gasteiger partial charge in [0.25, 0.3) is 0 Å². The van der Waals surface area contributed by atoms with Crippen molar-refractivity contribution in [1.29, 1.82) is 0 Å². The average Bonchev–Trinajstić information content (AvgIpc) is 2.30. The zero-order valence-electron chi connectivity index (χ0n) is 11.4. The summed E-state index contributed by atoms with van der Waals surface area (Å²) in [6, 6.07) is 0.950. The minimum absolute atomic E-state index is 0.371. The summed E-state index contributed by atoms with van der Waals surface area (Å²) < 4.78 is 5.85. The minimum atomic E-state index is 0.371. The Bertz CT molecular complexity index is 249. The van der Waals surface area contributed by atoms with Crippen LogP contribution in [0, 0.1) is 5.92 Å². The lowest BCUT2D eigenvalue weighted by atomic mass is 9.87. The Hall–Kier alpha value is -0.160. The Morgan fingerprint density at radius 3 is 2.76 bits per heavy atom. The number of hydrogen-bond acceptors (Lipinski definition) is 4. The molecule has 4 atom stereocenters. The summed E-state index contributed by atoms with van der Waals surface area (Å²) in [6.07, 6.45) is 1.49. The molecule has 0 radical (unpaired) electrons. The van der Waals surface area contributed by atoms with Crippen molar-refractivity contribution in [2.24, 2.45) is 11.7 Å². The van der Waals surface area contributed by atoms with Gasteiger partial charge in [-0.05, 0) is 26.3 Å². The Morgan fingerprint density at radius 2 is 2.06 bits per heavy atom. The van der Waals surface area contributed by atoms with Crippen LogP contribution >= 0.6 is 0 Å². The van der Waals surface area contributed by atoms with E-state index in [2.05, 4.69) is 30.7 Å². The third-order valence-electron chi connectivity index (χ3n) is 4.54. The number of piperidine rings is 1. The summed E-state index contributed by atoms with van der Waals surface area (Å²) in [5, 5.41) is 0. The van der Waals surface area contributed by atoms with Gasteiger partial charge in [-0.3, -0.25) is 4.90 Å². The van der Waals surface area contributed by atoms with Gasteiger partial charge in [-0.2, -0.15) is 0 Å². The number of morpholine rings is 1. The van der Waals surface area contributed by atoms with Crippen LogP contribution in [-0.4, -0.2) is 67.8 Å². The van der Waals surface area contributed by atoms with Crippen molar-refractivity contribution in [3.05, 3.63) is 0 Å². The lowest BCUT2D eigenvalue weighted by Crippen LogP contribution is -2.55. The van der Waals surface area contributed by atoms with E-state index in [1.54, 1.807) is 0 Å². The molecule has 4 heteroatoms. The van der Waals surface area contributed by atoms with Crippen LogP contribution in [0.4, 0.5) is 0 Å². The van der Waals surface area contributed by atoms with E-state index in [9.17, 15) is 0 Å². The van der Waals surface area contributed by atoms with Gasteiger partial charge in [-0.15, -0.1) is 0 Å². The first kappa shape index (κ1) is 13.3. The first-order valence-corrected chi connectivity index (χ1v) is 6.87. The molecule has 0 amide bonds. The van der Waals surface area contributed by atoms with E-state index in [0.29, 0.717) is 24.1 Å². The maximum absolute atomic E-state index is 6.12. The van der Waals surface area contributed by atoms with Gasteiger partial charge in [0.1, 0.15) is 0 Å². The molecule has 2 N–H and O–H groups in total. The standard InChI is InChI=1S/C13H27N3O/c1-10-11(2)16(5-4-13(10)14)9-12-8-15(3)6-7-17-12/h10-13H,4-9,14H2,1-3H3. The molecule has 2 saturated heterocycles. The quantitative estimate of drug-likeness (QED) is 0.759. The lowest BCUT2D eigenvalue weighted by molar-refractivity contribution is -0.0498. The highest BCUT2D eigenvalue weighted by molar-refractivity contribution is 4.88. The average molecular weight is 241 g/mol. The van der Waals surface area contributed by atoms with Crippen molar-refractivity contribution in [2.45, 2.75) is 38.5 Å². The third-order valence-corrected chi connectivity index (χ3v) is 4.54. The highest BCUT2D eigenvalue weighted by atomic mass is 16.5. The maximum Gasteiger partial charge on any atom is 0.0829 e. The molecule has 100 valence electrons. The molecule has 0 aromatic carbocycles. The second kappa shape index (κ2) is 5.65. The normalized spacial score (nSPS) is 41.6. The second-order valence-electron chi connectivity index (χ2n) is 5.80. The van der Waals surface area contributed by atoms with Crippen LogP contribution in [0.15, 0.2) is 0 Å². The third kappa shape index (κ3) is 3.19. The van der Waals surface area contributed by atoms with E-state index >= 15 is 0 Å². The number of likely N-dealkylation sites (N-methyl/N-ethyl adjacent to an activating group) is 1. The van der Waals surface area contributed by atoms with Gasteiger partial charge in [-0.1, -0.05) is 6.92 Å². The zero-order chi connectivity index (χ0) is 12.4. The zero-order valence-corrected chi connectivity index (χ0v) is 11.4. The molecule has 4 unspecified atom stereocenters. The van der Waals surface area contributed by atoms with Crippen LogP contribution in [0.2, 0.25) is 0 Å². The Kier molecular flexibility index (Phi) is 4.42. The highest BCUT2D eigenvalue weighted by Gasteiger charge is 2.32. The van der Waals surface area contributed by atoms with Crippen molar-refractivity contribution in [3.63, 3.8) is 0 Å². The van der Waals surface area contributed by atoms with Crippen molar-refractivity contribution in [1.82, 2.24) is 9.80 Å². The topological polar surface area (TPSA) is 41.7 Å². The van der Waals surface area contributed by atoms with Crippen molar-refractivity contribution >= 4 is 0 Å². The molecular weight excluding hydrogens is 214 g/mol. The van der Waals surface area contributed by atoms with E-state index in [4.69, 9.17) is 10.5 Å². The molecule has 2 rings (SSSR count). The molecule has 0 aromatic heterocycles. The molecule has 17 heavy (non-hydrogen) atoms. The number of nitrogens with zero attached hydrogens (tertiary/aromatic N) is 2. The number of ether oxygens (including phenoxy) is 1. The minimum Gasteiger partial charge on any atom is -0.374 e. The molecule has 4 nitrogen and oxygen atoms in total. The molecule has 2 fully saturated rings. The first-order valence-electron chi connectivity index (χ1n) is 6.87. The fourth-order valence-electron chi connectivity index (χ4n) is 2.97. The summed E-state index contributed by atoms with van der Waals surface area (Å²) in [5.41, 5.74) is 6.12. The first-order chi connectivity index (χ1) is 8.08. The smallest absolute Gasteiger partial charge is 0.0829 e. The molecular formula is C13H27N3O. The van der Waals surface area contributed by atoms with Crippen molar-refractivity contribution in [2.75, 3.05) is 39.8 Å². The van der Waals surface area contributed by atoms with Crippen LogP contribution in [0.1, 0.15) is 20.3 Å². The Labute approximate surface area is 105 Å². The maximum atomic E-state index is 6.12. The summed E-state index contributed by atoms with van der Waals surface area (Å²) in [4.78, 5) is 4.91. The van der Waals surface area contributed by atoms with Crippen LogP contribution in [-0.2, 0) is 4.74 Å². The number of hydrogen-bond donors (Lipinski definition) is 1. The Morgan fingerprint density at radius 1 is 1.29 bits per heavy atom. The number of rotatable bonds is 2. The van der Waals surface area contributed by atoms with Crippen LogP contribution in [0.25, 0.3) is 0 Å². The molecule has 2 aliphatic heterocycles. The van der Waals surface area contributed by atoms with Gasteiger partial charge in [0.2, 0.25) is 0 Å². The molecule has 2 heterocycles. The van der Waals surface area contributed by atoms with E-state index in [-0.39, 0.29) is 0 Å². The van der Waals surface area contributed by atoms with Crippen LogP contribution < -0.4 is 5.73 Å². The van der Waals surface area contributed by atoms with Gasteiger partial charge < -0.3 is 15.4 Å². The SMILES string of the molecule is CC1C(N)CCN(CC2CN(C)CCO2)C1C. The molecule has 0 saturated carbocycles. The monoisotopic (exact) mass is 241 g/mol. The van der Waals surface area contributed by atoms with Gasteiger partial charge in [0.15, 0.2) is 0 Å². The summed E-state index contributed by atoms with van der Waals surface area (Å²) in [7, 11) is 2.17. The number of nitrogens with two attached hydrogens (primary N) is 1. The largest absolute Gasteiger partial charge is 0.374 e. The van der Waals surface area contributed by atoms with Gasteiger partial charge in [0.05, 0.1) is 12.7 Å². The molecule has 0 aromatic rings.